The van der Waals surface area contributed by atoms with Crippen molar-refractivity contribution in [2.24, 2.45) is 11.7 Å². The van der Waals surface area contributed by atoms with Gasteiger partial charge < -0.3 is 10.6 Å². The predicted octanol–water partition coefficient (Wildman–Crippen LogP) is 2.37. The van der Waals surface area contributed by atoms with Crippen molar-refractivity contribution in [1.29, 1.82) is 0 Å². The molecule has 0 bridgehead atoms. The molecule has 0 radical (unpaired) electrons. The molecule has 6 nitrogen and oxygen atoms in total. The SMILES string of the molecule is Cc1cc(=O)c(C(=O)N2CC(CN)CC2C)nn1-c1cccc(C(F)(F)F)c1. The highest BCUT2D eigenvalue weighted by Gasteiger charge is 2.34. The minimum Gasteiger partial charge on any atom is -0.334 e. The number of carbonyl (C=O) groups excluding carboxylic acids is 1. The number of nitrogens with two attached hydrogens (primary N) is 1. The molecule has 28 heavy (non-hydrogen) atoms. The second-order valence-corrected chi connectivity index (χ2v) is 7.10. The smallest absolute Gasteiger partial charge is 0.334 e. The molecule has 1 aromatic carbocycles. The number of nitrogens with zero attached hydrogens (tertiary/aromatic N) is 3. The summed E-state index contributed by atoms with van der Waals surface area (Å²) < 4.78 is 40.3. The molecule has 2 aromatic rings. The van der Waals surface area contributed by atoms with Crippen LogP contribution in [-0.2, 0) is 6.18 Å². The summed E-state index contributed by atoms with van der Waals surface area (Å²) in [7, 11) is 0. The molecule has 150 valence electrons. The lowest BCUT2D eigenvalue weighted by atomic mass is 10.1. The van der Waals surface area contributed by atoms with Crippen LogP contribution in [0.15, 0.2) is 35.1 Å². The third-order valence-electron chi connectivity index (χ3n) is 4.98. The van der Waals surface area contributed by atoms with E-state index in [1.54, 1.807) is 11.8 Å². The fraction of sp³-hybridized carbons (Fsp3) is 0.421. The van der Waals surface area contributed by atoms with E-state index >= 15 is 0 Å². The van der Waals surface area contributed by atoms with Gasteiger partial charge in [-0.2, -0.15) is 18.3 Å². The quantitative estimate of drug-likeness (QED) is 0.867. The molecule has 0 spiro atoms. The Morgan fingerprint density at radius 1 is 1.32 bits per heavy atom. The van der Waals surface area contributed by atoms with Gasteiger partial charge >= 0.3 is 6.18 Å². The molecule has 1 aliphatic rings. The van der Waals surface area contributed by atoms with Crippen molar-refractivity contribution < 1.29 is 18.0 Å². The third kappa shape index (κ3) is 3.80. The van der Waals surface area contributed by atoms with E-state index in [2.05, 4.69) is 5.10 Å². The predicted molar refractivity (Wildman–Crippen MR) is 97.2 cm³/mol. The van der Waals surface area contributed by atoms with Gasteiger partial charge in [0, 0.05) is 24.3 Å². The van der Waals surface area contributed by atoms with E-state index in [4.69, 9.17) is 5.73 Å². The van der Waals surface area contributed by atoms with E-state index in [1.807, 2.05) is 6.92 Å². The fourth-order valence-electron chi connectivity index (χ4n) is 3.50. The summed E-state index contributed by atoms with van der Waals surface area (Å²) in [6, 6.07) is 5.70. The van der Waals surface area contributed by atoms with Crippen LogP contribution in [0.2, 0.25) is 0 Å². The largest absolute Gasteiger partial charge is 0.416 e. The van der Waals surface area contributed by atoms with Crippen molar-refractivity contribution >= 4 is 5.91 Å². The number of carbonyl (C=O) groups is 1. The van der Waals surface area contributed by atoms with Crippen LogP contribution in [0, 0.1) is 12.8 Å². The molecule has 1 saturated heterocycles. The number of hydrogen-bond acceptors (Lipinski definition) is 4. The lowest BCUT2D eigenvalue weighted by molar-refractivity contribution is -0.137. The van der Waals surface area contributed by atoms with Crippen molar-refractivity contribution in [1.82, 2.24) is 14.7 Å². The number of alkyl halides is 3. The Morgan fingerprint density at radius 2 is 2.04 bits per heavy atom. The summed E-state index contributed by atoms with van der Waals surface area (Å²) >= 11 is 0. The molecule has 2 heterocycles. The molecule has 1 fully saturated rings. The van der Waals surface area contributed by atoms with Gasteiger partial charge in [-0.25, -0.2) is 4.68 Å². The van der Waals surface area contributed by atoms with Crippen LogP contribution >= 0.6 is 0 Å². The van der Waals surface area contributed by atoms with Crippen LogP contribution in [0.1, 0.15) is 35.1 Å². The molecule has 1 aliphatic heterocycles. The topological polar surface area (TPSA) is 81.2 Å². The van der Waals surface area contributed by atoms with Gasteiger partial charge in [0.1, 0.15) is 0 Å². The second-order valence-electron chi connectivity index (χ2n) is 7.10. The number of rotatable bonds is 3. The zero-order valence-corrected chi connectivity index (χ0v) is 15.5. The Morgan fingerprint density at radius 3 is 2.64 bits per heavy atom. The highest BCUT2D eigenvalue weighted by molar-refractivity contribution is 5.92. The standard InChI is InChI=1S/C19H21F3N4O2/c1-11-6-13(9-23)10-25(11)18(28)17-16(27)7-12(2)26(24-17)15-5-3-4-14(8-15)19(20,21)22/h3-5,7-8,11,13H,6,9-10,23H2,1-2H3. The molecule has 1 aromatic heterocycles. The summed E-state index contributed by atoms with van der Waals surface area (Å²) in [5, 5.41) is 4.11. The molecule has 2 unspecified atom stereocenters. The second kappa shape index (κ2) is 7.38. The zero-order valence-electron chi connectivity index (χ0n) is 15.5. The number of benzene rings is 1. The normalized spacial score (nSPS) is 19.9. The maximum absolute atomic E-state index is 13.0. The molecular formula is C19H21F3N4O2. The number of likely N-dealkylation sites (tertiary alicyclic amines) is 1. The first-order chi connectivity index (χ1) is 13.1. The van der Waals surface area contributed by atoms with Crippen molar-refractivity contribution in [3.63, 3.8) is 0 Å². The van der Waals surface area contributed by atoms with E-state index < -0.39 is 23.1 Å². The average molecular weight is 394 g/mol. The van der Waals surface area contributed by atoms with Crippen LogP contribution in [0.3, 0.4) is 0 Å². The van der Waals surface area contributed by atoms with Gasteiger partial charge in [0.25, 0.3) is 5.91 Å². The maximum Gasteiger partial charge on any atom is 0.416 e. The van der Waals surface area contributed by atoms with E-state index in [0.29, 0.717) is 18.8 Å². The van der Waals surface area contributed by atoms with Crippen molar-refractivity contribution in [3.05, 3.63) is 57.5 Å². The van der Waals surface area contributed by atoms with Gasteiger partial charge in [-0.1, -0.05) is 6.07 Å². The Balaban J connectivity index is 2.03. The van der Waals surface area contributed by atoms with E-state index in [0.717, 1.165) is 18.6 Å². The molecule has 2 N–H and O–H groups in total. The van der Waals surface area contributed by atoms with Crippen LogP contribution < -0.4 is 11.2 Å². The molecule has 2 atom stereocenters. The monoisotopic (exact) mass is 394 g/mol. The molecule has 0 aliphatic carbocycles. The van der Waals surface area contributed by atoms with Gasteiger partial charge in [0.15, 0.2) is 5.69 Å². The highest BCUT2D eigenvalue weighted by Crippen LogP contribution is 2.30. The lowest BCUT2D eigenvalue weighted by Crippen LogP contribution is -2.38. The average Bonchev–Trinajstić information content (AvgIpc) is 3.01. The first-order valence-electron chi connectivity index (χ1n) is 8.91. The van der Waals surface area contributed by atoms with Crippen LogP contribution in [0.4, 0.5) is 13.2 Å². The lowest BCUT2D eigenvalue weighted by Gasteiger charge is -2.21. The van der Waals surface area contributed by atoms with Gasteiger partial charge in [-0.05, 0) is 50.9 Å². The molecule has 1 amide bonds. The first kappa shape index (κ1) is 20.1. The van der Waals surface area contributed by atoms with E-state index in [-0.39, 0.29) is 23.3 Å². The number of amides is 1. The number of aromatic nitrogens is 2. The zero-order chi connectivity index (χ0) is 20.6. The summed E-state index contributed by atoms with van der Waals surface area (Å²) in [4.78, 5) is 26.8. The van der Waals surface area contributed by atoms with E-state index in [1.165, 1.54) is 22.9 Å². The van der Waals surface area contributed by atoms with Gasteiger partial charge in [-0.15, -0.1) is 0 Å². The highest BCUT2D eigenvalue weighted by atomic mass is 19.4. The Kier molecular flexibility index (Phi) is 5.29. The molecule has 9 heteroatoms. The van der Waals surface area contributed by atoms with Gasteiger partial charge in [-0.3, -0.25) is 9.59 Å². The summed E-state index contributed by atoms with van der Waals surface area (Å²) in [6.45, 7) is 4.28. The van der Waals surface area contributed by atoms with Crippen molar-refractivity contribution in [2.45, 2.75) is 32.5 Å². The third-order valence-corrected chi connectivity index (χ3v) is 4.98. The minimum absolute atomic E-state index is 0.0921. The Bertz CT molecular complexity index is 955. The number of halogens is 3. The molecule has 0 saturated carbocycles. The molecule has 3 rings (SSSR count). The Hall–Kier alpha value is -2.68. The first-order valence-corrected chi connectivity index (χ1v) is 8.91. The van der Waals surface area contributed by atoms with Gasteiger partial charge in [0.05, 0.1) is 11.3 Å². The summed E-state index contributed by atoms with van der Waals surface area (Å²) in [5.41, 5.74) is 4.42. The number of hydrogen-bond donors (Lipinski definition) is 1. The maximum atomic E-state index is 13.0. The fourth-order valence-corrected chi connectivity index (χ4v) is 3.50. The van der Waals surface area contributed by atoms with Crippen LogP contribution in [-0.4, -0.2) is 39.7 Å². The minimum atomic E-state index is -4.51. The van der Waals surface area contributed by atoms with Crippen molar-refractivity contribution in [3.8, 4) is 5.69 Å². The summed E-state index contributed by atoms with van der Waals surface area (Å²) in [5.74, 6) is -0.385. The number of aryl methyl sites for hydroxylation is 1. The Labute approximate surface area is 159 Å². The van der Waals surface area contributed by atoms with Crippen LogP contribution in [0.25, 0.3) is 5.69 Å². The van der Waals surface area contributed by atoms with Crippen molar-refractivity contribution in [2.75, 3.05) is 13.1 Å². The van der Waals surface area contributed by atoms with Crippen LogP contribution in [0.5, 0.6) is 0 Å². The summed E-state index contributed by atoms with van der Waals surface area (Å²) in [6.07, 6.45) is -3.78. The van der Waals surface area contributed by atoms with Gasteiger partial charge in [0.2, 0.25) is 5.43 Å². The molecular weight excluding hydrogens is 373 g/mol. The van der Waals surface area contributed by atoms with E-state index in [9.17, 15) is 22.8 Å².